The van der Waals surface area contributed by atoms with Crippen molar-refractivity contribution in [3.8, 4) is 5.75 Å². The number of aryl methyl sites for hydroxylation is 1. The van der Waals surface area contributed by atoms with E-state index in [1.165, 1.54) is 5.56 Å². The quantitative estimate of drug-likeness (QED) is 0.282. The zero-order chi connectivity index (χ0) is 22.9. The summed E-state index contributed by atoms with van der Waals surface area (Å²) in [7, 11) is 0. The van der Waals surface area contributed by atoms with Crippen LogP contribution in [0.4, 0.5) is 5.82 Å². The van der Waals surface area contributed by atoms with Crippen LogP contribution in [0.1, 0.15) is 68.7 Å². The van der Waals surface area contributed by atoms with E-state index in [0.717, 1.165) is 67.9 Å². The molecule has 1 heterocycles. The van der Waals surface area contributed by atoms with Crippen LogP contribution >= 0.6 is 12.2 Å². The van der Waals surface area contributed by atoms with Gasteiger partial charge in [-0.05, 0) is 67.5 Å². The summed E-state index contributed by atoms with van der Waals surface area (Å²) in [5.74, 6) is 1.68. The minimum atomic E-state index is -0.117. The number of nitrogens with zero attached hydrogens (tertiary/aromatic N) is 2. The summed E-state index contributed by atoms with van der Waals surface area (Å²) >= 11 is 5.01. The first-order valence-corrected chi connectivity index (χ1v) is 11.9. The van der Waals surface area contributed by atoms with Crippen molar-refractivity contribution in [3.63, 3.8) is 0 Å². The average Bonchev–Trinajstić information content (AvgIpc) is 3.18. The van der Waals surface area contributed by atoms with E-state index in [-0.39, 0.29) is 12.1 Å². The van der Waals surface area contributed by atoms with Gasteiger partial charge in [0, 0.05) is 31.3 Å². The zero-order valence-corrected chi connectivity index (χ0v) is 19.8. The van der Waals surface area contributed by atoms with Crippen LogP contribution in [-0.4, -0.2) is 35.6 Å². The number of thiocarbonyl (C=S) groups is 1. The summed E-state index contributed by atoms with van der Waals surface area (Å²) in [6, 6.07) is 9.99. The number of benzene rings is 1. The molecule has 1 aromatic carbocycles. The molecule has 2 aromatic rings. The Balaban J connectivity index is 1.50. The van der Waals surface area contributed by atoms with Gasteiger partial charge in [-0.25, -0.2) is 4.98 Å². The Labute approximate surface area is 196 Å². The summed E-state index contributed by atoms with van der Waals surface area (Å²) in [4.78, 5) is 19.0. The van der Waals surface area contributed by atoms with E-state index in [1.54, 1.807) is 6.20 Å². The largest absolute Gasteiger partial charge is 0.494 e. The van der Waals surface area contributed by atoms with E-state index in [1.807, 2.05) is 31.2 Å². The van der Waals surface area contributed by atoms with E-state index < -0.39 is 0 Å². The van der Waals surface area contributed by atoms with Crippen molar-refractivity contribution in [3.05, 3.63) is 53.2 Å². The maximum absolute atomic E-state index is 11.8. The van der Waals surface area contributed by atoms with Crippen LogP contribution in [0.2, 0.25) is 0 Å². The number of carbonyl (C=O) groups is 1. The predicted octanol–water partition coefficient (Wildman–Crippen LogP) is 4.73. The molecule has 1 aliphatic rings. The Morgan fingerprint density at radius 2 is 2.06 bits per heavy atom. The molecule has 1 aliphatic carbocycles. The van der Waals surface area contributed by atoms with Crippen LogP contribution in [0.5, 0.6) is 5.75 Å². The van der Waals surface area contributed by atoms with Gasteiger partial charge in [0.25, 0.3) is 0 Å². The third kappa shape index (κ3) is 6.42. The first-order valence-electron chi connectivity index (χ1n) is 11.5. The lowest BCUT2D eigenvalue weighted by atomic mass is 10.1. The summed E-state index contributed by atoms with van der Waals surface area (Å²) < 4.78 is 11.6. The SMILES string of the molecule is CCCC(=O)O[C@H]1CCc2cc(OCCCN(CCC)c3ccc(C(N)=S)cn3)ccc21. The van der Waals surface area contributed by atoms with Gasteiger partial charge >= 0.3 is 5.97 Å². The number of fused-ring (bicyclic) bond motifs is 1. The maximum atomic E-state index is 11.8. The van der Waals surface area contributed by atoms with Crippen LogP contribution < -0.4 is 15.4 Å². The molecule has 6 nitrogen and oxygen atoms in total. The highest BCUT2D eigenvalue weighted by atomic mass is 32.1. The van der Waals surface area contributed by atoms with Crippen LogP contribution in [0.25, 0.3) is 0 Å². The Hall–Kier alpha value is -2.67. The number of aromatic nitrogens is 1. The number of hydrogen-bond acceptors (Lipinski definition) is 6. The van der Waals surface area contributed by atoms with Crippen molar-refractivity contribution in [1.29, 1.82) is 0 Å². The molecule has 0 radical (unpaired) electrons. The van der Waals surface area contributed by atoms with Gasteiger partial charge in [-0.15, -0.1) is 0 Å². The van der Waals surface area contributed by atoms with Gasteiger partial charge in [0.2, 0.25) is 0 Å². The summed E-state index contributed by atoms with van der Waals surface area (Å²) in [6.07, 6.45) is 6.57. The Morgan fingerprint density at radius 1 is 1.22 bits per heavy atom. The highest BCUT2D eigenvalue weighted by molar-refractivity contribution is 7.80. The molecule has 1 atom stereocenters. The van der Waals surface area contributed by atoms with E-state index in [4.69, 9.17) is 27.4 Å². The molecule has 0 fully saturated rings. The van der Waals surface area contributed by atoms with E-state index >= 15 is 0 Å². The van der Waals surface area contributed by atoms with Crippen LogP contribution in [0.15, 0.2) is 36.5 Å². The van der Waals surface area contributed by atoms with Gasteiger partial charge in [0.05, 0.1) is 6.61 Å². The van der Waals surface area contributed by atoms with Crippen molar-refractivity contribution in [2.75, 3.05) is 24.6 Å². The molecule has 0 saturated heterocycles. The average molecular weight is 456 g/mol. The van der Waals surface area contributed by atoms with E-state index in [2.05, 4.69) is 22.9 Å². The fourth-order valence-corrected chi connectivity index (χ4v) is 4.08. The van der Waals surface area contributed by atoms with Crippen molar-refractivity contribution in [1.82, 2.24) is 4.98 Å². The second-order valence-electron chi connectivity index (χ2n) is 8.09. The number of pyridine rings is 1. The molecular formula is C25H33N3O3S. The molecular weight excluding hydrogens is 422 g/mol. The Morgan fingerprint density at radius 3 is 2.75 bits per heavy atom. The van der Waals surface area contributed by atoms with Gasteiger partial charge in [0.1, 0.15) is 22.7 Å². The summed E-state index contributed by atoms with van der Waals surface area (Å²) in [6.45, 7) is 6.55. The minimum absolute atomic E-state index is 0.114. The Bertz CT molecular complexity index is 917. The van der Waals surface area contributed by atoms with Crippen molar-refractivity contribution >= 4 is 29.0 Å². The molecule has 3 rings (SSSR count). The molecule has 172 valence electrons. The number of carbonyl (C=O) groups excluding carboxylic acids is 1. The van der Waals surface area contributed by atoms with Crippen molar-refractivity contribution in [2.45, 2.75) is 58.5 Å². The van der Waals surface area contributed by atoms with Gasteiger partial charge in [-0.3, -0.25) is 4.79 Å². The van der Waals surface area contributed by atoms with E-state index in [9.17, 15) is 4.79 Å². The number of ether oxygens (including phenoxy) is 2. The molecule has 2 N–H and O–H groups in total. The van der Waals surface area contributed by atoms with Gasteiger partial charge in [-0.1, -0.05) is 32.1 Å². The lowest BCUT2D eigenvalue weighted by Crippen LogP contribution is -2.27. The number of anilines is 1. The lowest BCUT2D eigenvalue weighted by Gasteiger charge is -2.23. The highest BCUT2D eigenvalue weighted by Crippen LogP contribution is 2.36. The standard InChI is InChI=1S/C25H33N3O3S/c1-3-6-24(29)31-22-11-7-18-16-20(9-10-21(18)22)30-15-5-14-28(13-4-2)23-12-8-19(17-27-23)25(26)32/h8-10,12,16-17,22H,3-7,11,13-15H2,1-2H3,(H2,26,32)/t22-/m0/s1. The second-order valence-corrected chi connectivity index (χ2v) is 8.53. The first kappa shape index (κ1) is 24.0. The number of nitrogens with two attached hydrogens (primary N) is 1. The Kier molecular flexibility index (Phi) is 8.85. The van der Waals surface area contributed by atoms with Crippen LogP contribution in [0.3, 0.4) is 0 Å². The molecule has 0 spiro atoms. The number of rotatable bonds is 12. The molecule has 1 aromatic heterocycles. The lowest BCUT2D eigenvalue weighted by molar-refractivity contribution is -0.149. The molecule has 32 heavy (non-hydrogen) atoms. The normalized spacial score (nSPS) is 14.6. The van der Waals surface area contributed by atoms with Crippen LogP contribution in [0, 0.1) is 0 Å². The second kappa shape index (κ2) is 11.8. The topological polar surface area (TPSA) is 77.7 Å². The number of hydrogen-bond donors (Lipinski definition) is 1. The molecule has 0 aliphatic heterocycles. The van der Waals surface area contributed by atoms with E-state index in [0.29, 0.717) is 18.0 Å². The van der Waals surface area contributed by atoms with Crippen molar-refractivity contribution < 1.29 is 14.3 Å². The molecule has 0 amide bonds. The van der Waals surface area contributed by atoms with Crippen molar-refractivity contribution in [2.24, 2.45) is 5.73 Å². The first-order chi connectivity index (χ1) is 15.5. The molecule has 0 saturated carbocycles. The third-order valence-corrected chi connectivity index (χ3v) is 5.79. The van der Waals surface area contributed by atoms with Gasteiger partial charge < -0.3 is 20.1 Å². The monoisotopic (exact) mass is 455 g/mol. The minimum Gasteiger partial charge on any atom is -0.494 e. The fourth-order valence-electron chi connectivity index (χ4n) is 3.96. The van der Waals surface area contributed by atoms with Gasteiger partial charge in [0.15, 0.2) is 0 Å². The smallest absolute Gasteiger partial charge is 0.306 e. The zero-order valence-electron chi connectivity index (χ0n) is 19.0. The predicted molar refractivity (Wildman–Crippen MR) is 131 cm³/mol. The summed E-state index contributed by atoms with van der Waals surface area (Å²) in [5, 5.41) is 0. The van der Waals surface area contributed by atoms with Crippen LogP contribution in [-0.2, 0) is 16.0 Å². The van der Waals surface area contributed by atoms with Gasteiger partial charge in [-0.2, -0.15) is 0 Å². The highest BCUT2D eigenvalue weighted by Gasteiger charge is 2.26. The molecule has 7 heteroatoms. The fraction of sp³-hybridized carbons (Fsp3) is 0.480. The maximum Gasteiger partial charge on any atom is 0.306 e. The molecule has 0 bridgehead atoms. The number of esters is 1. The summed E-state index contributed by atoms with van der Waals surface area (Å²) in [5.41, 5.74) is 8.77. The molecule has 0 unspecified atom stereocenters. The third-order valence-electron chi connectivity index (χ3n) is 5.56.